The molecule has 5 nitrogen and oxygen atoms in total. The van der Waals surface area contributed by atoms with Gasteiger partial charge in [0.15, 0.2) is 5.78 Å². The van der Waals surface area contributed by atoms with Crippen LogP contribution in [0.25, 0.3) is 0 Å². The van der Waals surface area contributed by atoms with Gasteiger partial charge < -0.3 is 0 Å². The number of hydrogen-bond donors (Lipinski definition) is 1. The lowest BCUT2D eigenvalue weighted by Gasteiger charge is -2.29. The Hall–Kier alpha value is -0.940. The van der Waals surface area contributed by atoms with E-state index < -0.39 is 17.3 Å². The van der Waals surface area contributed by atoms with Crippen molar-refractivity contribution >= 4 is 28.7 Å². The number of ketones is 1. The molecule has 27 heavy (non-hydrogen) atoms. The second-order valence-corrected chi connectivity index (χ2v) is 7.91. The molecule has 0 radical (unpaired) electrons. The van der Waals surface area contributed by atoms with Crippen LogP contribution in [0.3, 0.4) is 0 Å². The first-order valence-electron chi connectivity index (χ1n) is 10.8. The molecule has 0 spiro atoms. The van der Waals surface area contributed by atoms with E-state index in [1.54, 1.807) is 0 Å². The van der Waals surface area contributed by atoms with Gasteiger partial charge in [-0.05, 0) is 18.0 Å². The highest BCUT2D eigenvalue weighted by Gasteiger charge is 2.35. The normalized spacial score (nSPS) is 17.3. The van der Waals surface area contributed by atoms with Crippen molar-refractivity contribution in [2.75, 3.05) is 13.1 Å². The number of hydrogen-bond acceptors (Lipinski definition) is 4. The zero-order chi connectivity index (χ0) is 19.9. The van der Waals surface area contributed by atoms with E-state index in [0.29, 0.717) is 13.0 Å². The minimum absolute atomic E-state index is 0.134. The maximum atomic E-state index is 12.2. The first kappa shape index (κ1) is 24.1. The number of amides is 2. The Kier molecular flexibility index (Phi) is 13.4. The molecule has 1 aliphatic rings. The van der Waals surface area contributed by atoms with E-state index in [0.717, 1.165) is 24.2 Å². The van der Waals surface area contributed by atoms with Gasteiger partial charge in [0.05, 0.1) is 0 Å². The molecule has 1 fully saturated rings. The van der Waals surface area contributed by atoms with E-state index in [1.165, 1.54) is 64.2 Å². The van der Waals surface area contributed by atoms with Gasteiger partial charge >= 0.3 is 5.37 Å². The number of Topliss-reactive ketones (excluding diaryl/α,β-unsaturated/α-hetero) is 1. The van der Waals surface area contributed by atoms with Crippen molar-refractivity contribution in [1.82, 2.24) is 10.2 Å². The van der Waals surface area contributed by atoms with Crippen LogP contribution in [-0.2, 0) is 9.59 Å². The molecule has 0 aromatic carbocycles. The standard InChI is InChI=1S/C21H37ClN2O3/c1-2-3-4-5-6-7-8-9-10-11-12-13-14-15-18(25)19-20(26)24(21(22)27)17-16-23-19/h19,23H,2-17H2,1H3. The van der Waals surface area contributed by atoms with Crippen molar-refractivity contribution in [2.24, 2.45) is 0 Å². The van der Waals surface area contributed by atoms with Gasteiger partial charge in [0.1, 0.15) is 6.04 Å². The highest BCUT2D eigenvalue weighted by molar-refractivity contribution is 6.64. The summed E-state index contributed by atoms with van der Waals surface area (Å²) < 4.78 is 0. The van der Waals surface area contributed by atoms with Crippen molar-refractivity contribution in [3.63, 3.8) is 0 Å². The predicted octanol–water partition coefficient (Wildman–Crippen LogP) is 5.20. The summed E-state index contributed by atoms with van der Waals surface area (Å²) in [5.41, 5.74) is 0. The Morgan fingerprint density at radius 1 is 0.926 bits per heavy atom. The molecule has 1 atom stereocenters. The van der Waals surface area contributed by atoms with Crippen LogP contribution in [0.1, 0.15) is 96.8 Å². The molecular weight excluding hydrogens is 364 g/mol. The molecule has 1 N–H and O–H groups in total. The summed E-state index contributed by atoms with van der Waals surface area (Å²) in [6, 6.07) is -0.904. The maximum absolute atomic E-state index is 12.2. The van der Waals surface area contributed by atoms with Crippen molar-refractivity contribution in [3.05, 3.63) is 0 Å². The Balaban J connectivity index is 1.98. The summed E-state index contributed by atoms with van der Waals surface area (Å²) in [6.45, 7) is 2.89. The highest BCUT2D eigenvalue weighted by Crippen LogP contribution is 2.14. The smallest absolute Gasteiger partial charge is 0.298 e. The Labute approximate surface area is 169 Å². The van der Waals surface area contributed by atoms with Crippen molar-refractivity contribution in [2.45, 2.75) is 103 Å². The van der Waals surface area contributed by atoms with E-state index in [9.17, 15) is 14.4 Å². The molecule has 0 aliphatic carbocycles. The van der Waals surface area contributed by atoms with Crippen LogP contribution in [0.15, 0.2) is 0 Å². The molecule has 6 heteroatoms. The van der Waals surface area contributed by atoms with Crippen LogP contribution in [0.4, 0.5) is 4.79 Å². The van der Waals surface area contributed by atoms with Gasteiger partial charge in [-0.3, -0.25) is 24.6 Å². The first-order chi connectivity index (χ1) is 13.1. The van der Waals surface area contributed by atoms with Crippen LogP contribution in [0.2, 0.25) is 0 Å². The van der Waals surface area contributed by atoms with Crippen molar-refractivity contribution in [3.8, 4) is 0 Å². The molecule has 0 saturated carbocycles. The van der Waals surface area contributed by atoms with Gasteiger partial charge in [-0.15, -0.1) is 0 Å². The monoisotopic (exact) mass is 400 g/mol. The number of carbonyl (C=O) groups is 3. The van der Waals surface area contributed by atoms with E-state index in [2.05, 4.69) is 12.2 Å². The summed E-state index contributed by atoms with van der Waals surface area (Å²) in [7, 11) is 0. The molecule has 1 rings (SSSR count). The van der Waals surface area contributed by atoms with Crippen LogP contribution in [0, 0.1) is 0 Å². The zero-order valence-electron chi connectivity index (χ0n) is 16.9. The summed E-state index contributed by atoms with van der Waals surface area (Å²) in [5.74, 6) is -0.647. The predicted molar refractivity (Wildman–Crippen MR) is 110 cm³/mol. The summed E-state index contributed by atoms with van der Waals surface area (Å²) >= 11 is 5.38. The third kappa shape index (κ3) is 10.2. The first-order valence-corrected chi connectivity index (χ1v) is 11.2. The van der Waals surface area contributed by atoms with Crippen LogP contribution in [0.5, 0.6) is 0 Å². The van der Waals surface area contributed by atoms with Gasteiger partial charge in [-0.1, -0.05) is 84.0 Å². The third-order valence-electron chi connectivity index (χ3n) is 5.26. The Bertz CT molecular complexity index is 457. The van der Waals surface area contributed by atoms with E-state index in [-0.39, 0.29) is 12.3 Å². The number of unbranched alkanes of at least 4 members (excludes halogenated alkanes) is 12. The Morgan fingerprint density at radius 3 is 1.89 bits per heavy atom. The molecule has 1 heterocycles. The van der Waals surface area contributed by atoms with Gasteiger partial charge in [0.25, 0.3) is 5.91 Å². The number of halogens is 1. The second-order valence-electron chi connectivity index (χ2n) is 7.59. The SMILES string of the molecule is CCCCCCCCCCCCCCCC(=O)C1NCCN(C(=O)Cl)C1=O. The quantitative estimate of drug-likeness (QED) is 0.177. The fraction of sp³-hybridized carbons (Fsp3) is 0.857. The van der Waals surface area contributed by atoms with E-state index in [4.69, 9.17) is 11.6 Å². The number of nitrogens with zero attached hydrogens (tertiary/aromatic N) is 1. The molecule has 1 unspecified atom stereocenters. The van der Waals surface area contributed by atoms with Crippen LogP contribution in [-0.4, -0.2) is 41.1 Å². The number of rotatable bonds is 15. The zero-order valence-corrected chi connectivity index (χ0v) is 17.7. The van der Waals surface area contributed by atoms with Gasteiger partial charge in [0, 0.05) is 19.5 Å². The molecule has 2 amide bonds. The topological polar surface area (TPSA) is 66.5 Å². The Morgan fingerprint density at radius 2 is 1.41 bits per heavy atom. The number of carbonyl (C=O) groups excluding carboxylic acids is 3. The maximum Gasteiger partial charge on any atom is 0.323 e. The van der Waals surface area contributed by atoms with Gasteiger partial charge in [-0.2, -0.15) is 0 Å². The number of nitrogens with one attached hydrogen (secondary N) is 1. The minimum atomic E-state index is -0.904. The molecule has 0 aromatic rings. The second kappa shape index (κ2) is 15.0. The van der Waals surface area contributed by atoms with Crippen LogP contribution >= 0.6 is 11.6 Å². The lowest BCUT2D eigenvalue weighted by Crippen LogP contribution is -2.58. The summed E-state index contributed by atoms with van der Waals surface area (Å²) in [6.07, 6.45) is 16.7. The van der Waals surface area contributed by atoms with Gasteiger partial charge in [-0.25, -0.2) is 0 Å². The molecule has 0 aromatic heterocycles. The molecule has 156 valence electrons. The average molecular weight is 401 g/mol. The lowest BCUT2D eigenvalue weighted by molar-refractivity contribution is -0.137. The lowest BCUT2D eigenvalue weighted by atomic mass is 10.0. The molecule has 1 saturated heterocycles. The summed E-state index contributed by atoms with van der Waals surface area (Å²) in [5, 5.41) is 2.09. The number of imide groups is 1. The van der Waals surface area contributed by atoms with E-state index in [1.807, 2.05) is 0 Å². The van der Waals surface area contributed by atoms with Gasteiger partial charge in [0.2, 0.25) is 0 Å². The largest absolute Gasteiger partial charge is 0.323 e. The van der Waals surface area contributed by atoms with Crippen LogP contribution < -0.4 is 5.32 Å². The number of piperazine rings is 1. The van der Waals surface area contributed by atoms with E-state index >= 15 is 0 Å². The average Bonchev–Trinajstić information content (AvgIpc) is 2.65. The highest BCUT2D eigenvalue weighted by atomic mass is 35.5. The summed E-state index contributed by atoms with van der Waals surface area (Å²) in [4.78, 5) is 36.4. The van der Waals surface area contributed by atoms with Crippen molar-refractivity contribution in [1.29, 1.82) is 0 Å². The fourth-order valence-corrected chi connectivity index (χ4v) is 3.73. The molecule has 1 aliphatic heterocycles. The molecule has 0 bridgehead atoms. The fourth-order valence-electron chi connectivity index (χ4n) is 3.56. The molecular formula is C21H37ClN2O3. The minimum Gasteiger partial charge on any atom is -0.298 e. The third-order valence-corrected chi connectivity index (χ3v) is 5.46. The van der Waals surface area contributed by atoms with Crippen molar-refractivity contribution < 1.29 is 14.4 Å².